The van der Waals surface area contributed by atoms with Gasteiger partial charge in [0.05, 0.1) is 12.8 Å². The number of hydrogen-bond acceptors (Lipinski definition) is 2. The van der Waals surface area contributed by atoms with E-state index >= 15 is 0 Å². The van der Waals surface area contributed by atoms with E-state index in [4.69, 9.17) is 4.74 Å². The first-order chi connectivity index (χ1) is 16.5. The third kappa shape index (κ3) is 5.24. The molecule has 0 aliphatic carbocycles. The Bertz CT molecular complexity index is 1330. The third-order valence-corrected chi connectivity index (χ3v) is 6.50. The number of carbonyl (C=O) groups excluding carboxylic acids is 1. The highest BCUT2D eigenvalue weighted by Crippen LogP contribution is 2.34. The van der Waals surface area contributed by atoms with E-state index in [0.717, 1.165) is 22.4 Å². The Hall–Kier alpha value is -3.59. The summed E-state index contributed by atoms with van der Waals surface area (Å²) in [5.74, 6) is 0.604. The van der Waals surface area contributed by atoms with Crippen LogP contribution in [0.1, 0.15) is 68.7 Å². The van der Waals surface area contributed by atoms with E-state index < -0.39 is 0 Å². The fraction of sp³-hybridized carbons (Fsp3) is 0.281. The summed E-state index contributed by atoms with van der Waals surface area (Å²) in [7, 11) is 1.61. The van der Waals surface area contributed by atoms with Crippen molar-refractivity contribution in [1.29, 1.82) is 0 Å². The minimum Gasteiger partial charge on any atom is -0.497 e. The predicted molar refractivity (Wildman–Crippen MR) is 145 cm³/mol. The molecular formula is C32H35NO2. The van der Waals surface area contributed by atoms with Crippen molar-refractivity contribution in [2.75, 3.05) is 7.11 Å². The van der Waals surface area contributed by atoms with Crippen molar-refractivity contribution in [3.8, 4) is 28.1 Å². The number of ether oxygens (including phenoxy) is 1. The number of methoxy groups -OCH3 is 1. The van der Waals surface area contributed by atoms with Crippen LogP contribution in [0.5, 0.6) is 5.75 Å². The van der Waals surface area contributed by atoms with Crippen LogP contribution in [0.3, 0.4) is 0 Å². The molecule has 0 aliphatic rings. The van der Waals surface area contributed by atoms with Gasteiger partial charge in [0.15, 0.2) is 0 Å². The molecule has 0 radical (unpaired) electrons. The van der Waals surface area contributed by atoms with E-state index in [1.165, 1.54) is 11.1 Å². The van der Waals surface area contributed by atoms with Crippen LogP contribution < -0.4 is 4.74 Å². The summed E-state index contributed by atoms with van der Waals surface area (Å²) in [6.07, 6.45) is 0. The second kappa shape index (κ2) is 9.22. The lowest BCUT2D eigenvalue weighted by Crippen LogP contribution is -2.10. The lowest BCUT2D eigenvalue weighted by Gasteiger charge is -2.19. The molecule has 3 nitrogen and oxygen atoms in total. The van der Waals surface area contributed by atoms with Crippen molar-refractivity contribution in [2.24, 2.45) is 0 Å². The maximum atomic E-state index is 13.7. The Morgan fingerprint density at radius 1 is 0.714 bits per heavy atom. The van der Waals surface area contributed by atoms with Crippen LogP contribution in [-0.2, 0) is 10.8 Å². The van der Waals surface area contributed by atoms with Gasteiger partial charge in [0.1, 0.15) is 5.75 Å². The zero-order valence-electron chi connectivity index (χ0n) is 21.8. The van der Waals surface area contributed by atoms with Gasteiger partial charge < -0.3 is 9.72 Å². The molecule has 4 rings (SSSR count). The van der Waals surface area contributed by atoms with E-state index in [9.17, 15) is 4.79 Å². The summed E-state index contributed by atoms with van der Waals surface area (Å²) in [5, 5.41) is 0. The molecule has 0 amide bonds. The number of H-pyrrole nitrogens is 1. The summed E-state index contributed by atoms with van der Waals surface area (Å²) in [6, 6.07) is 26.5. The smallest absolute Gasteiger partial charge is 0.209 e. The number of benzene rings is 3. The second-order valence-electron chi connectivity index (χ2n) is 11.2. The molecule has 0 saturated heterocycles. The highest BCUT2D eigenvalue weighted by molar-refractivity contribution is 6.12. The Balaban J connectivity index is 1.82. The molecule has 3 heteroatoms. The van der Waals surface area contributed by atoms with Crippen LogP contribution in [0, 0.1) is 0 Å². The first-order valence-electron chi connectivity index (χ1n) is 12.1. The van der Waals surface area contributed by atoms with Crippen molar-refractivity contribution >= 4 is 5.78 Å². The average Bonchev–Trinajstić information content (AvgIpc) is 3.28. The second-order valence-corrected chi connectivity index (χ2v) is 11.2. The zero-order chi connectivity index (χ0) is 25.4. The maximum absolute atomic E-state index is 13.7. The van der Waals surface area contributed by atoms with Gasteiger partial charge >= 0.3 is 0 Å². The SMILES string of the molecule is COc1cccc(C(=O)c2[nH]c(-c3ccc(C(C)(C)C)cc3)cc2-c2ccc(C(C)(C)C)cc2)c1. The number of aromatic amines is 1. The Morgan fingerprint density at radius 2 is 1.26 bits per heavy atom. The maximum Gasteiger partial charge on any atom is 0.209 e. The first-order valence-corrected chi connectivity index (χ1v) is 12.1. The van der Waals surface area contributed by atoms with E-state index in [-0.39, 0.29) is 16.6 Å². The van der Waals surface area contributed by atoms with Crippen LogP contribution in [0.2, 0.25) is 0 Å². The molecule has 1 heterocycles. The quantitative estimate of drug-likeness (QED) is 0.302. The predicted octanol–water partition coefficient (Wildman–Crippen LogP) is 8.18. The summed E-state index contributed by atoms with van der Waals surface area (Å²) in [4.78, 5) is 17.1. The summed E-state index contributed by atoms with van der Waals surface area (Å²) in [5.41, 5.74) is 7.74. The lowest BCUT2D eigenvalue weighted by molar-refractivity contribution is 0.103. The zero-order valence-corrected chi connectivity index (χ0v) is 21.8. The molecule has 180 valence electrons. The lowest BCUT2D eigenvalue weighted by atomic mass is 9.86. The average molecular weight is 466 g/mol. The van der Waals surface area contributed by atoms with Gasteiger partial charge in [-0.05, 0) is 51.3 Å². The highest BCUT2D eigenvalue weighted by atomic mass is 16.5. The van der Waals surface area contributed by atoms with E-state index in [2.05, 4.69) is 101 Å². The van der Waals surface area contributed by atoms with Gasteiger partial charge in [0, 0.05) is 16.8 Å². The Morgan fingerprint density at radius 3 is 1.77 bits per heavy atom. The number of nitrogens with one attached hydrogen (secondary N) is 1. The fourth-order valence-electron chi connectivity index (χ4n) is 4.23. The molecule has 1 aromatic heterocycles. The molecule has 0 fully saturated rings. The van der Waals surface area contributed by atoms with Gasteiger partial charge in [-0.1, -0.05) is 102 Å². The molecule has 0 aliphatic heterocycles. The van der Waals surface area contributed by atoms with E-state index in [1.54, 1.807) is 13.2 Å². The van der Waals surface area contributed by atoms with Crippen LogP contribution in [0.15, 0.2) is 78.9 Å². The van der Waals surface area contributed by atoms with E-state index in [0.29, 0.717) is 17.0 Å². The first kappa shape index (κ1) is 24.5. The number of rotatable bonds is 5. The molecule has 35 heavy (non-hydrogen) atoms. The standard InChI is InChI=1S/C32H35NO2/c1-31(2,3)24-15-11-21(12-16-24)27-20-28(22-13-17-25(18-14-22)32(4,5)6)33-29(27)30(34)23-9-8-10-26(19-23)35-7/h8-20,33H,1-7H3. The van der Waals surface area contributed by atoms with Gasteiger partial charge in [0.25, 0.3) is 0 Å². The molecule has 0 saturated carbocycles. The van der Waals surface area contributed by atoms with Gasteiger partial charge in [-0.3, -0.25) is 4.79 Å². The number of hydrogen-bond donors (Lipinski definition) is 1. The molecule has 0 atom stereocenters. The Kier molecular flexibility index (Phi) is 6.46. The van der Waals surface area contributed by atoms with Crippen molar-refractivity contribution < 1.29 is 9.53 Å². The Labute approximate surface area is 209 Å². The summed E-state index contributed by atoms with van der Waals surface area (Å²) >= 11 is 0. The van der Waals surface area contributed by atoms with Crippen molar-refractivity contribution in [3.05, 3.63) is 101 Å². The largest absolute Gasteiger partial charge is 0.497 e. The number of carbonyl (C=O) groups is 1. The minimum atomic E-state index is -0.0589. The summed E-state index contributed by atoms with van der Waals surface area (Å²) < 4.78 is 5.35. The van der Waals surface area contributed by atoms with Crippen LogP contribution in [0.4, 0.5) is 0 Å². The van der Waals surface area contributed by atoms with Crippen LogP contribution in [0.25, 0.3) is 22.4 Å². The summed E-state index contributed by atoms with van der Waals surface area (Å²) in [6.45, 7) is 13.2. The van der Waals surface area contributed by atoms with Crippen LogP contribution in [-0.4, -0.2) is 17.9 Å². The minimum absolute atomic E-state index is 0.0589. The normalized spacial score (nSPS) is 12.0. The molecule has 0 spiro atoms. The molecule has 1 N–H and O–H groups in total. The van der Waals surface area contributed by atoms with Crippen molar-refractivity contribution in [1.82, 2.24) is 4.98 Å². The monoisotopic (exact) mass is 465 g/mol. The number of ketones is 1. The van der Waals surface area contributed by atoms with Gasteiger partial charge in [-0.15, -0.1) is 0 Å². The highest BCUT2D eigenvalue weighted by Gasteiger charge is 2.21. The number of aromatic nitrogens is 1. The molecule has 4 aromatic rings. The molecule has 3 aromatic carbocycles. The van der Waals surface area contributed by atoms with Crippen LogP contribution >= 0.6 is 0 Å². The molecular weight excluding hydrogens is 430 g/mol. The van der Waals surface area contributed by atoms with Gasteiger partial charge in [-0.25, -0.2) is 0 Å². The van der Waals surface area contributed by atoms with Gasteiger partial charge in [0.2, 0.25) is 5.78 Å². The fourth-order valence-corrected chi connectivity index (χ4v) is 4.23. The topological polar surface area (TPSA) is 42.1 Å². The molecule has 0 bridgehead atoms. The van der Waals surface area contributed by atoms with E-state index in [1.807, 2.05) is 18.2 Å². The van der Waals surface area contributed by atoms with Crippen molar-refractivity contribution in [3.63, 3.8) is 0 Å². The third-order valence-electron chi connectivity index (χ3n) is 6.50. The van der Waals surface area contributed by atoms with Crippen molar-refractivity contribution in [2.45, 2.75) is 52.4 Å². The molecule has 0 unspecified atom stereocenters. The van der Waals surface area contributed by atoms with Gasteiger partial charge in [-0.2, -0.15) is 0 Å².